The van der Waals surface area contributed by atoms with Crippen molar-refractivity contribution < 1.29 is 4.39 Å². The summed E-state index contributed by atoms with van der Waals surface area (Å²) in [6.45, 7) is 1.83. The smallest absolute Gasteiger partial charge is 0.132 e. The van der Waals surface area contributed by atoms with Gasteiger partial charge < -0.3 is 5.32 Å². The van der Waals surface area contributed by atoms with Crippen molar-refractivity contribution in [2.75, 3.05) is 11.9 Å². The zero-order chi connectivity index (χ0) is 14.9. The molecule has 1 aliphatic heterocycles. The maximum Gasteiger partial charge on any atom is 0.132 e. The fourth-order valence-corrected chi connectivity index (χ4v) is 2.84. The van der Waals surface area contributed by atoms with E-state index in [9.17, 15) is 4.39 Å². The number of aromatic nitrogens is 3. The molecule has 1 aliphatic rings. The molecule has 0 unspecified atom stereocenters. The second kappa shape index (κ2) is 5.26. The number of hydrogen-bond donors (Lipinski definition) is 1. The Bertz CT molecular complexity index is 794. The molecule has 3 heterocycles. The van der Waals surface area contributed by atoms with Crippen molar-refractivity contribution in [1.82, 2.24) is 14.8 Å². The molecule has 0 radical (unpaired) electrons. The Labute approximate surface area is 127 Å². The third-order valence-electron chi connectivity index (χ3n) is 3.88. The summed E-state index contributed by atoms with van der Waals surface area (Å²) in [5, 5.41) is 8.18. The maximum absolute atomic E-state index is 13.2. The number of hydrogen-bond acceptors (Lipinski definition) is 3. The molecule has 0 amide bonds. The van der Waals surface area contributed by atoms with E-state index in [4.69, 9.17) is 5.10 Å². The second-order valence-corrected chi connectivity index (χ2v) is 5.32. The minimum Gasteiger partial charge on any atom is -0.370 e. The van der Waals surface area contributed by atoms with Crippen LogP contribution in [0.25, 0.3) is 22.4 Å². The minimum absolute atomic E-state index is 0.240. The average molecular weight is 294 g/mol. The van der Waals surface area contributed by atoms with Crippen LogP contribution < -0.4 is 5.32 Å². The van der Waals surface area contributed by atoms with Crippen LogP contribution in [0.1, 0.15) is 6.42 Å². The summed E-state index contributed by atoms with van der Waals surface area (Å²) in [6.07, 6.45) is 4.60. The number of halogens is 1. The van der Waals surface area contributed by atoms with Gasteiger partial charge in [-0.2, -0.15) is 5.10 Å². The fraction of sp³-hybridized carbons (Fsp3) is 0.176. The highest BCUT2D eigenvalue weighted by Crippen LogP contribution is 2.38. The van der Waals surface area contributed by atoms with Crippen LogP contribution in [0, 0.1) is 5.82 Å². The molecule has 3 aromatic rings. The van der Waals surface area contributed by atoms with Gasteiger partial charge in [0.25, 0.3) is 0 Å². The SMILES string of the molecule is Fc1ccc(-c2nn3c(c2-c2ccncc2)NCCC3)cc1. The molecule has 0 aliphatic carbocycles. The predicted octanol–water partition coefficient (Wildman–Crippen LogP) is 3.57. The molecule has 2 aromatic heterocycles. The van der Waals surface area contributed by atoms with Gasteiger partial charge in [0.2, 0.25) is 0 Å². The zero-order valence-electron chi connectivity index (χ0n) is 12.0. The molecule has 1 aromatic carbocycles. The van der Waals surface area contributed by atoms with Gasteiger partial charge in [0.15, 0.2) is 0 Å². The van der Waals surface area contributed by atoms with E-state index in [1.807, 2.05) is 16.8 Å². The maximum atomic E-state index is 13.2. The quantitative estimate of drug-likeness (QED) is 0.785. The van der Waals surface area contributed by atoms with Gasteiger partial charge in [-0.25, -0.2) is 9.07 Å². The fourth-order valence-electron chi connectivity index (χ4n) is 2.84. The highest BCUT2D eigenvalue weighted by Gasteiger charge is 2.22. The van der Waals surface area contributed by atoms with Gasteiger partial charge in [-0.3, -0.25) is 4.98 Å². The molecule has 5 heteroatoms. The Balaban J connectivity index is 1.94. The monoisotopic (exact) mass is 294 g/mol. The van der Waals surface area contributed by atoms with E-state index in [2.05, 4.69) is 10.3 Å². The van der Waals surface area contributed by atoms with E-state index in [-0.39, 0.29) is 5.82 Å². The van der Waals surface area contributed by atoms with E-state index < -0.39 is 0 Å². The first kappa shape index (κ1) is 13.0. The first-order valence-corrected chi connectivity index (χ1v) is 7.34. The standard InChI is InChI=1S/C17H15FN4/c18-14-4-2-13(3-5-14)16-15(12-6-9-19-10-7-12)17-20-8-1-11-22(17)21-16/h2-7,9-10,20H,1,8,11H2. The molecule has 0 bridgehead atoms. The third-order valence-corrected chi connectivity index (χ3v) is 3.88. The molecule has 1 N–H and O–H groups in total. The number of rotatable bonds is 2. The summed E-state index contributed by atoms with van der Waals surface area (Å²) in [6, 6.07) is 10.4. The first-order chi connectivity index (χ1) is 10.8. The van der Waals surface area contributed by atoms with Crippen molar-refractivity contribution in [3.63, 3.8) is 0 Å². The van der Waals surface area contributed by atoms with Crippen LogP contribution in [-0.2, 0) is 6.54 Å². The van der Waals surface area contributed by atoms with Crippen LogP contribution in [0.2, 0.25) is 0 Å². The molecular weight excluding hydrogens is 279 g/mol. The van der Waals surface area contributed by atoms with Crippen molar-refractivity contribution in [3.8, 4) is 22.4 Å². The van der Waals surface area contributed by atoms with E-state index in [0.29, 0.717) is 0 Å². The van der Waals surface area contributed by atoms with E-state index in [0.717, 1.165) is 47.7 Å². The molecule has 0 saturated heterocycles. The molecule has 110 valence electrons. The lowest BCUT2D eigenvalue weighted by molar-refractivity contribution is 0.569. The lowest BCUT2D eigenvalue weighted by atomic mass is 10.0. The first-order valence-electron chi connectivity index (χ1n) is 7.34. The van der Waals surface area contributed by atoms with Crippen LogP contribution in [0.3, 0.4) is 0 Å². The average Bonchev–Trinajstić information content (AvgIpc) is 2.96. The van der Waals surface area contributed by atoms with Gasteiger partial charge in [0.05, 0.1) is 5.56 Å². The largest absolute Gasteiger partial charge is 0.370 e. The summed E-state index contributed by atoms with van der Waals surface area (Å²) in [5.74, 6) is 0.785. The van der Waals surface area contributed by atoms with Crippen molar-refractivity contribution in [3.05, 3.63) is 54.6 Å². The van der Waals surface area contributed by atoms with Crippen molar-refractivity contribution in [2.45, 2.75) is 13.0 Å². The summed E-state index contributed by atoms with van der Waals surface area (Å²) in [4.78, 5) is 4.08. The van der Waals surface area contributed by atoms with Crippen LogP contribution in [-0.4, -0.2) is 21.3 Å². The van der Waals surface area contributed by atoms with Gasteiger partial charge >= 0.3 is 0 Å². The zero-order valence-corrected chi connectivity index (χ0v) is 12.0. The molecule has 0 fully saturated rings. The van der Waals surface area contributed by atoms with E-state index in [1.54, 1.807) is 24.5 Å². The van der Waals surface area contributed by atoms with Crippen molar-refractivity contribution >= 4 is 5.82 Å². The second-order valence-electron chi connectivity index (χ2n) is 5.32. The van der Waals surface area contributed by atoms with Gasteiger partial charge in [-0.05, 0) is 48.4 Å². The number of nitrogens with one attached hydrogen (secondary N) is 1. The molecule has 4 nitrogen and oxygen atoms in total. The lowest BCUT2D eigenvalue weighted by Crippen LogP contribution is -2.17. The van der Waals surface area contributed by atoms with Crippen LogP contribution in [0.4, 0.5) is 10.2 Å². The topological polar surface area (TPSA) is 42.7 Å². The Hall–Kier alpha value is -2.69. The van der Waals surface area contributed by atoms with Gasteiger partial charge in [-0.1, -0.05) is 0 Å². The molecule has 0 spiro atoms. The summed E-state index contributed by atoms with van der Waals surface area (Å²) in [5.41, 5.74) is 3.89. The van der Waals surface area contributed by atoms with Crippen LogP contribution in [0.5, 0.6) is 0 Å². The molecule has 4 rings (SSSR count). The molecular formula is C17H15FN4. The number of benzene rings is 1. The predicted molar refractivity (Wildman–Crippen MR) is 84.0 cm³/mol. The molecule has 0 saturated carbocycles. The number of fused-ring (bicyclic) bond motifs is 1. The van der Waals surface area contributed by atoms with Crippen molar-refractivity contribution in [1.29, 1.82) is 0 Å². The number of anilines is 1. The van der Waals surface area contributed by atoms with Crippen molar-refractivity contribution in [2.24, 2.45) is 0 Å². The Kier molecular flexibility index (Phi) is 3.11. The summed E-state index contributed by atoms with van der Waals surface area (Å²) >= 11 is 0. The Morgan fingerprint density at radius 1 is 1.00 bits per heavy atom. The van der Waals surface area contributed by atoms with E-state index in [1.165, 1.54) is 12.1 Å². The summed E-state index contributed by atoms with van der Waals surface area (Å²) < 4.78 is 15.2. The summed E-state index contributed by atoms with van der Waals surface area (Å²) in [7, 11) is 0. The number of aryl methyl sites for hydroxylation is 1. The van der Waals surface area contributed by atoms with Gasteiger partial charge in [0.1, 0.15) is 17.3 Å². The van der Waals surface area contributed by atoms with Gasteiger partial charge in [-0.15, -0.1) is 0 Å². The third kappa shape index (κ3) is 2.15. The highest BCUT2D eigenvalue weighted by atomic mass is 19.1. The molecule has 0 atom stereocenters. The van der Waals surface area contributed by atoms with E-state index >= 15 is 0 Å². The Morgan fingerprint density at radius 2 is 1.77 bits per heavy atom. The normalized spacial score (nSPS) is 13.5. The van der Waals surface area contributed by atoms with Gasteiger partial charge in [0, 0.05) is 31.0 Å². The molecule has 22 heavy (non-hydrogen) atoms. The highest BCUT2D eigenvalue weighted by molar-refractivity contribution is 5.89. The number of nitrogens with zero attached hydrogens (tertiary/aromatic N) is 3. The minimum atomic E-state index is -0.240. The lowest BCUT2D eigenvalue weighted by Gasteiger charge is -2.16. The Morgan fingerprint density at radius 3 is 2.55 bits per heavy atom. The van der Waals surface area contributed by atoms with Crippen LogP contribution >= 0.6 is 0 Å². The number of pyridine rings is 1. The van der Waals surface area contributed by atoms with Crippen LogP contribution in [0.15, 0.2) is 48.8 Å².